The van der Waals surface area contributed by atoms with E-state index in [0.717, 1.165) is 15.4 Å². The van der Waals surface area contributed by atoms with Crippen molar-refractivity contribution in [2.45, 2.75) is 11.8 Å². The maximum atomic E-state index is 12.4. The second-order valence-electron chi connectivity index (χ2n) is 4.74. The Morgan fingerprint density at radius 3 is 2.05 bits per heavy atom. The molecule has 0 aromatic heterocycles. The van der Waals surface area contributed by atoms with Gasteiger partial charge in [0.15, 0.2) is 0 Å². The van der Waals surface area contributed by atoms with E-state index in [4.69, 9.17) is 6.42 Å². The van der Waals surface area contributed by atoms with E-state index in [1.807, 2.05) is 6.92 Å². The van der Waals surface area contributed by atoms with Crippen molar-refractivity contribution in [3.8, 4) is 24.3 Å². The Morgan fingerprint density at radius 2 is 1.50 bits per heavy atom. The van der Waals surface area contributed by atoms with Gasteiger partial charge in [0, 0.05) is 24.2 Å². The zero-order chi connectivity index (χ0) is 16.2. The van der Waals surface area contributed by atoms with E-state index in [1.165, 1.54) is 7.05 Å². The molecule has 110 valence electrons. The van der Waals surface area contributed by atoms with Crippen molar-refractivity contribution in [3.05, 3.63) is 65.2 Å². The summed E-state index contributed by atoms with van der Waals surface area (Å²) in [5.41, 5.74) is 2.46. The van der Waals surface area contributed by atoms with Crippen molar-refractivity contribution in [1.29, 1.82) is 0 Å². The lowest BCUT2D eigenvalue weighted by atomic mass is 10.1. The van der Waals surface area contributed by atoms with Crippen molar-refractivity contribution in [1.82, 2.24) is 4.31 Å². The summed E-state index contributed by atoms with van der Waals surface area (Å²) in [6, 6.07) is 16.3. The number of sulfonamides is 1. The minimum atomic E-state index is -3.61. The van der Waals surface area contributed by atoms with Crippen LogP contribution in [-0.4, -0.2) is 19.8 Å². The molecule has 0 fully saturated rings. The zero-order valence-corrected chi connectivity index (χ0v) is 13.2. The van der Waals surface area contributed by atoms with E-state index >= 15 is 0 Å². The molecule has 0 spiro atoms. The van der Waals surface area contributed by atoms with Gasteiger partial charge in [-0.2, -0.15) is 0 Å². The first kappa shape index (κ1) is 15.7. The first-order valence-electron chi connectivity index (χ1n) is 6.57. The zero-order valence-electron chi connectivity index (χ0n) is 12.4. The maximum absolute atomic E-state index is 12.4. The van der Waals surface area contributed by atoms with Crippen LogP contribution in [0.5, 0.6) is 0 Å². The highest BCUT2D eigenvalue weighted by molar-refractivity contribution is 7.89. The summed E-state index contributed by atoms with van der Waals surface area (Å²) >= 11 is 0. The lowest BCUT2D eigenvalue weighted by molar-refractivity contribution is 0.547. The van der Waals surface area contributed by atoms with Gasteiger partial charge in [-0.3, -0.25) is 0 Å². The van der Waals surface area contributed by atoms with Crippen molar-refractivity contribution in [3.63, 3.8) is 0 Å². The summed E-state index contributed by atoms with van der Waals surface area (Å²) in [4.78, 5) is 0.220. The first-order valence-corrected chi connectivity index (χ1v) is 8.01. The standard InChI is InChI=1S/C18H15NO2S/c1-4-16-7-9-17(10-8-16)13-14-19(3)22(20,21)18-11-5-15(2)6-12-18/h1,5-12H,2-3H3. The Bertz CT molecular complexity index is 862. The summed E-state index contributed by atoms with van der Waals surface area (Å²) in [7, 11) is -2.18. The third-order valence-electron chi connectivity index (χ3n) is 3.09. The quantitative estimate of drug-likeness (QED) is 0.632. The van der Waals surface area contributed by atoms with E-state index in [9.17, 15) is 8.42 Å². The molecule has 0 bridgehead atoms. The molecule has 3 nitrogen and oxygen atoms in total. The molecule has 2 rings (SSSR count). The number of rotatable bonds is 2. The fourth-order valence-corrected chi connectivity index (χ4v) is 2.68. The molecular formula is C18H15NO2S. The number of nitrogens with zero attached hydrogens (tertiary/aromatic N) is 1. The number of benzene rings is 2. The molecule has 22 heavy (non-hydrogen) atoms. The summed E-state index contributed by atoms with van der Waals surface area (Å²) in [6.07, 6.45) is 5.28. The molecule has 0 saturated heterocycles. The van der Waals surface area contributed by atoms with Gasteiger partial charge in [-0.05, 0) is 49.2 Å². The van der Waals surface area contributed by atoms with Crippen LogP contribution in [0.15, 0.2) is 53.4 Å². The summed E-state index contributed by atoms with van der Waals surface area (Å²) < 4.78 is 25.7. The highest BCUT2D eigenvalue weighted by Gasteiger charge is 2.17. The van der Waals surface area contributed by atoms with E-state index < -0.39 is 10.0 Å². The third kappa shape index (κ3) is 3.49. The fraction of sp³-hybridized carbons (Fsp3) is 0.111. The third-order valence-corrected chi connectivity index (χ3v) is 4.77. The molecular weight excluding hydrogens is 294 g/mol. The Hall–Kier alpha value is -2.69. The molecule has 0 atom stereocenters. The summed E-state index contributed by atoms with van der Waals surface area (Å²) in [5, 5.41) is 0. The molecule has 2 aromatic carbocycles. The predicted molar refractivity (Wildman–Crippen MR) is 87.4 cm³/mol. The largest absolute Gasteiger partial charge is 0.270 e. The molecule has 0 N–H and O–H groups in total. The van der Waals surface area contributed by atoms with Crippen LogP contribution < -0.4 is 0 Å². The number of hydrogen-bond donors (Lipinski definition) is 0. The van der Waals surface area contributed by atoms with Gasteiger partial charge in [-0.15, -0.1) is 6.42 Å². The van der Waals surface area contributed by atoms with Crippen LogP contribution in [0.1, 0.15) is 16.7 Å². The van der Waals surface area contributed by atoms with E-state index in [2.05, 4.69) is 17.9 Å². The second-order valence-corrected chi connectivity index (χ2v) is 6.71. The average molecular weight is 309 g/mol. The van der Waals surface area contributed by atoms with Gasteiger partial charge in [-0.25, -0.2) is 12.7 Å². The smallest absolute Gasteiger partial charge is 0.227 e. The number of terminal acetylenes is 1. The summed E-state index contributed by atoms with van der Waals surface area (Å²) in [6.45, 7) is 1.90. The molecule has 0 unspecified atom stereocenters. The van der Waals surface area contributed by atoms with Crippen molar-refractivity contribution >= 4 is 10.0 Å². The molecule has 4 heteroatoms. The number of aryl methyl sites for hydroxylation is 1. The molecule has 0 saturated carbocycles. The molecule has 0 aliphatic rings. The van der Waals surface area contributed by atoms with Gasteiger partial charge >= 0.3 is 0 Å². The molecule has 0 heterocycles. The molecule has 0 amide bonds. The normalized spacial score (nSPS) is 10.2. The predicted octanol–water partition coefficient (Wildman–Crippen LogP) is 2.61. The molecule has 0 aliphatic heterocycles. The Morgan fingerprint density at radius 1 is 0.955 bits per heavy atom. The van der Waals surface area contributed by atoms with Crippen molar-refractivity contribution in [2.24, 2.45) is 0 Å². The lowest BCUT2D eigenvalue weighted by Crippen LogP contribution is -2.22. The number of hydrogen-bond acceptors (Lipinski definition) is 2. The van der Waals surface area contributed by atoms with Gasteiger partial charge < -0.3 is 0 Å². The molecule has 2 aromatic rings. The van der Waals surface area contributed by atoms with Gasteiger partial charge in [-0.1, -0.05) is 23.6 Å². The van der Waals surface area contributed by atoms with Crippen LogP contribution in [0, 0.1) is 31.2 Å². The highest BCUT2D eigenvalue weighted by Crippen LogP contribution is 2.14. The highest BCUT2D eigenvalue weighted by atomic mass is 32.2. The van der Waals surface area contributed by atoms with Crippen LogP contribution in [0.25, 0.3) is 0 Å². The van der Waals surface area contributed by atoms with Crippen LogP contribution in [0.3, 0.4) is 0 Å². The SMILES string of the molecule is C#Cc1ccc(C#CN(C)S(=O)(=O)c2ccc(C)cc2)cc1. The second kappa shape index (κ2) is 6.39. The van der Waals surface area contributed by atoms with E-state index in [1.54, 1.807) is 48.5 Å². The van der Waals surface area contributed by atoms with E-state index in [0.29, 0.717) is 5.56 Å². The maximum Gasteiger partial charge on any atom is 0.270 e. The minimum absolute atomic E-state index is 0.220. The Kier molecular flexibility index (Phi) is 4.56. The van der Waals surface area contributed by atoms with Gasteiger partial charge in [0.1, 0.15) is 0 Å². The first-order chi connectivity index (χ1) is 10.4. The summed E-state index contributed by atoms with van der Waals surface area (Å²) in [5.74, 6) is 5.33. The molecule has 0 radical (unpaired) electrons. The van der Waals surface area contributed by atoms with Crippen LogP contribution in [0.4, 0.5) is 0 Å². The van der Waals surface area contributed by atoms with E-state index in [-0.39, 0.29) is 4.90 Å². The fourth-order valence-electron chi connectivity index (χ4n) is 1.72. The van der Waals surface area contributed by atoms with Crippen LogP contribution in [-0.2, 0) is 10.0 Å². The van der Waals surface area contributed by atoms with Gasteiger partial charge in [0.05, 0.1) is 4.90 Å². The van der Waals surface area contributed by atoms with Crippen LogP contribution in [0.2, 0.25) is 0 Å². The Labute approximate surface area is 131 Å². The van der Waals surface area contributed by atoms with Crippen molar-refractivity contribution < 1.29 is 8.42 Å². The van der Waals surface area contributed by atoms with Crippen molar-refractivity contribution in [2.75, 3.05) is 7.05 Å². The molecule has 0 aliphatic carbocycles. The average Bonchev–Trinajstić information content (AvgIpc) is 2.53. The minimum Gasteiger partial charge on any atom is -0.227 e. The van der Waals surface area contributed by atoms with Crippen LogP contribution >= 0.6 is 0 Å². The van der Waals surface area contributed by atoms with Gasteiger partial charge in [0.2, 0.25) is 0 Å². The topological polar surface area (TPSA) is 37.4 Å². The Balaban J connectivity index is 2.24. The monoisotopic (exact) mass is 309 g/mol. The van der Waals surface area contributed by atoms with Gasteiger partial charge in [0.25, 0.3) is 10.0 Å². The lowest BCUT2D eigenvalue weighted by Gasteiger charge is -2.12.